The van der Waals surface area contributed by atoms with Gasteiger partial charge >= 0.3 is 5.97 Å². The molecule has 3 aromatic carbocycles. The van der Waals surface area contributed by atoms with Crippen LogP contribution < -0.4 is 4.90 Å². The molecule has 2 atom stereocenters. The molecule has 5 rings (SSSR count). The van der Waals surface area contributed by atoms with Crippen molar-refractivity contribution in [2.75, 3.05) is 11.5 Å². The van der Waals surface area contributed by atoms with Crippen molar-refractivity contribution in [3.8, 4) is 0 Å². The van der Waals surface area contributed by atoms with Gasteiger partial charge in [-0.3, -0.25) is 24.6 Å². The molecular formula is C26H22N4O5. The summed E-state index contributed by atoms with van der Waals surface area (Å²) in [6.45, 7) is 1.98. The van der Waals surface area contributed by atoms with Crippen molar-refractivity contribution < 1.29 is 19.2 Å². The molecule has 0 spiro atoms. The van der Waals surface area contributed by atoms with Gasteiger partial charge in [0.2, 0.25) is 11.9 Å². The maximum Gasteiger partial charge on any atom is 0.321 e. The number of rotatable bonds is 6. The van der Waals surface area contributed by atoms with E-state index in [1.165, 1.54) is 17.0 Å². The molecule has 2 heterocycles. The number of amides is 1. The van der Waals surface area contributed by atoms with E-state index in [1.807, 2.05) is 59.2 Å². The summed E-state index contributed by atoms with van der Waals surface area (Å²) in [6, 6.07) is 21.9. The third kappa shape index (κ3) is 3.90. The predicted octanol–water partition coefficient (Wildman–Crippen LogP) is 4.26. The second-order valence-electron chi connectivity index (χ2n) is 8.21. The number of benzene rings is 3. The number of para-hydroxylation sites is 2. The minimum Gasteiger partial charge on any atom is -0.465 e. The number of esters is 1. The Morgan fingerprint density at radius 1 is 1.06 bits per heavy atom. The van der Waals surface area contributed by atoms with Crippen LogP contribution in [0.15, 0.2) is 78.9 Å². The molecule has 0 saturated heterocycles. The van der Waals surface area contributed by atoms with Crippen molar-refractivity contribution >= 4 is 34.5 Å². The molecule has 35 heavy (non-hydrogen) atoms. The fourth-order valence-corrected chi connectivity index (χ4v) is 4.59. The Labute approximate surface area is 200 Å². The monoisotopic (exact) mass is 470 g/mol. The Kier molecular flexibility index (Phi) is 5.74. The molecule has 1 aromatic heterocycles. The minimum atomic E-state index is -1.24. The maximum atomic E-state index is 13.9. The van der Waals surface area contributed by atoms with Gasteiger partial charge in [-0.2, -0.15) is 0 Å². The first-order valence-electron chi connectivity index (χ1n) is 11.2. The smallest absolute Gasteiger partial charge is 0.321 e. The van der Waals surface area contributed by atoms with Crippen molar-refractivity contribution in [2.45, 2.75) is 19.5 Å². The number of carbonyl (C=O) groups is 2. The third-order valence-corrected chi connectivity index (χ3v) is 6.09. The number of non-ortho nitro benzene ring substituents is 1. The number of aromatic nitrogens is 2. The highest BCUT2D eigenvalue weighted by atomic mass is 16.6. The van der Waals surface area contributed by atoms with Crippen LogP contribution >= 0.6 is 0 Å². The first kappa shape index (κ1) is 22.3. The molecule has 0 fully saturated rings. The van der Waals surface area contributed by atoms with Crippen LogP contribution in [0.1, 0.15) is 24.1 Å². The summed E-state index contributed by atoms with van der Waals surface area (Å²) < 4.78 is 7.15. The number of nitrogens with zero attached hydrogens (tertiary/aromatic N) is 4. The van der Waals surface area contributed by atoms with E-state index in [2.05, 4.69) is 0 Å². The summed E-state index contributed by atoms with van der Waals surface area (Å²) in [5.41, 5.74) is 2.55. The molecule has 0 radical (unpaired) electrons. The third-order valence-electron chi connectivity index (χ3n) is 6.09. The van der Waals surface area contributed by atoms with E-state index in [0.717, 1.165) is 5.56 Å². The normalized spacial score (nSPS) is 17.3. The Bertz CT molecular complexity index is 1430. The van der Waals surface area contributed by atoms with Crippen LogP contribution in [-0.4, -0.2) is 33.0 Å². The number of nitro benzene ring substituents is 1. The van der Waals surface area contributed by atoms with E-state index >= 15 is 0 Å². The molecule has 9 heteroatoms. The van der Waals surface area contributed by atoms with Gasteiger partial charge in [0.05, 0.1) is 35.2 Å². The molecule has 1 aliphatic heterocycles. The number of hydrogen-bond donors (Lipinski definition) is 0. The zero-order valence-corrected chi connectivity index (χ0v) is 18.9. The zero-order chi connectivity index (χ0) is 24.5. The molecule has 9 nitrogen and oxygen atoms in total. The average molecular weight is 470 g/mol. The quantitative estimate of drug-likeness (QED) is 0.180. The fraction of sp³-hybridized carbons (Fsp3) is 0.192. The molecule has 176 valence electrons. The first-order valence-corrected chi connectivity index (χ1v) is 11.2. The summed E-state index contributed by atoms with van der Waals surface area (Å²) in [4.78, 5) is 44.4. The van der Waals surface area contributed by atoms with Gasteiger partial charge in [-0.05, 0) is 30.2 Å². The molecule has 0 bridgehead atoms. The van der Waals surface area contributed by atoms with Crippen molar-refractivity contribution in [1.29, 1.82) is 0 Å². The summed E-state index contributed by atoms with van der Waals surface area (Å²) in [7, 11) is 0. The predicted molar refractivity (Wildman–Crippen MR) is 129 cm³/mol. The molecule has 0 saturated carbocycles. The number of carbonyl (C=O) groups excluding carboxylic acids is 2. The summed E-state index contributed by atoms with van der Waals surface area (Å²) >= 11 is 0. The molecule has 0 unspecified atom stereocenters. The van der Waals surface area contributed by atoms with E-state index in [1.54, 1.807) is 19.1 Å². The second kappa shape index (κ2) is 9.02. The van der Waals surface area contributed by atoms with E-state index in [9.17, 15) is 19.7 Å². The van der Waals surface area contributed by atoms with Gasteiger partial charge in [0.1, 0.15) is 0 Å². The van der Waals surface area contributed by atoms with Gasteiger partial charge in [-0.25, -0.2) is 4.98 Å². The van der Waals surface area contributed by atoms with Crippen LogP contribution in [0.25, 0.3) is 11.0 Å². The average Bonchev–Trinajstić information content (AvgIpc) is 3.25. The second-order valence-corrected chi connectivity index (χ2v) is 8.21. The lowest BCUT2D eigenvalue weighted by Crippen LogP contribution is -2.49. The summed E-state index contributed by atoms with van der Waals surface area (Å²) in [5.74, 6) is -2.02. The highest BCUT2D eigenvalue weighted by molar-refractivity contribution is 6.08. The van der Waals surface area contributed by atoms with Gasteiger partial charge in [0.25, 0.3) is 5.69 Å². The van der Waals surface area contributed by atoms with Gasteiger partial charge in [0, 0.05) is 12.1 Å². The zero-order valence-electron chi connectivity index (χ0n) is 18.9. The number of nitro groups is 1. The van der Waals surface area contributed by atoms with Crippen LogP contribution in [0.5, 0.6) is 0 Å². The highest BCUT2D eigenvalue weighted by Gasteiger charge is 2.48. The Morgan fingerprint density at radius 2 is 1.80 bits per heavy atom. The van der Waals surface area contributed by atoms with Crippen LogP contribution in [0.4, 0.5) is 11.6 Å². The van der Waals surface area contributed by atoms with Crippen LogP contribution in [0.3, 0.4) is 0 Å². The maximum absolute atomic E-state index is 13.9. The van der Waals surface area contributed by atoms with Crippen LogP contribution in [-0.2, 0) is 20.9 Å². The number of anilines is 1. The van der Waals surface area contributed by atoms with Crippen molar-refractivity contribution in [3.05, 3.63) is 100 Å². The van der Waals surface area contributed by atoms with E-state index in [0.29, 0.717) is 22.5 Å². The number of ether oxygens (including phenoxy) is 1. The van der Waals surface area contributed by atoms with Crippen molar-refractivity contribution in [3.63, 3.8) is 0 Å². The summed E-state index contributed by atoms with van der Waals surface area (Å²) in [6.07, 6.45) is 0. The lowest BCUT2D eigenvalue weighted by Gasteiger charge is -2.37. The van der Waals surface area contributed by atoms with Gasteiger partial charge < -0.3 is 9.30 Å². The lowest BCUT2D eigenvalue weighted by atomic mass is 9.89. The number of fused-ring (bicyclic) bond motifs is 3. The molecular weight excluding hydrogens is 448 g/mol. The topological polar surface area (TPSA) is 108 Å². The van der Waals surface area contributed by atoms with Crippen molar-refractivity contribution in [2.24, 2.45) is 5.92 Å². The summed E-state index contributed by atoms with van der Waals surface area (Å²) in [5, 5.41) is 11.5. The molecule has 1 aliphatic rings. The van der Waals surface area contributed by atoms with E-state index in [4.69, 9.17) is 9.72 Å². The Hall–Kier alpha value is -4.53. The number of hydrogen-bond acceptors (Lipinski definition) is 6. The first-order chi connectivity index (χ1) is 17.0. The van der Waals surface area contributed by atoms with E-state index < -0.39 is 28.8 Å². The van der Waals surface area contributed by atoms with Crippen molar-refractivity contribution in [1.82, 2.24) is 9.55 Å². The molecule has 1 amide bonds. The molecule has 0 N–H and O–H groups in total. The molecule has 4 aromatic rings. The number of imidazole rings is 1. The van der Waals surface area contributed by atoms with Gasteiger partial charge in [-0.1, -0.05) is 54.6 Å². The van der Waals surface area contributed by atoms with E-state index in [-0.39, 0.29) is 18.8 Å². The van der Waals surface area contributed by atoms with Crippen LogP contribution in [0, 0.1) is 16.0 Å². The Morgan fingerprint density at radius 3 is 2.54 bits per heavy atom. The van der Waals surface area contributed by atoms with Crippen LogP contribution in [0.2, 0.25) is 0 Å². The Balaban J connectivity index is 1.76. The highest BCUT2D eigenvalue weighted by Crippen LogP contribution is 2.42. The lowest BCUT2D eigenvalue weighted by molar-refractivity contribution is -0.384. The SMILES string of the molecule is CCOC(=O)[C@H]1C(=O)N(Cc2ccccc2)c2nc3ccccc3n2[C@@H]1c1cccc([N+](=O)[O-])c1. The van der Waals surface area contributed by atoms with Gasteiger partial charge in [-0.15, -0.1) is 0 Å². The largest absolute Gasteiger partial charge is 0.465 e. The van der Waals surface area contributed by atoms with Gasteiger partial charge in [0.15, 0.2) is 5.92 Å². The fourth-order valence-electron chi connectivity index (χ4n) is 4.59. The molecule has 0 aliphatic carbocycles. The standard InChI is InChI=1S/C26H22N4O5/c1-2-35-25(32)22-23(18-11-8-12-19(15-18)30(33)34)29-21-14-7-6-13-20(21)27-26(29)28(24(22)31)16-17-9-4-3-5-10-17/h3-15,22-23H,2,16H2,1H3/t22-,23-/m1/s1. The minimum absolute atomic E-state index is 0.0977.